The van der Waals surface area contributed by atoms with Crippen molar-refractivity contribution in [3.05, 3.63) is 35.9 Å². The van der Waals surface area contributed by atoms with E-state index in [1.807, 2.05) is 37.3 Å². The van der Waals surface area contributed by atoms with Crippen molar-refractivity contribution in [3.63, 3.8) is 0 Å². The van der Waals surface area contributed by atoms with Crippen LogP contribution in [0, 0.1) is 5.92 Å². The molecule has 0 saturated carbocycles. The number of benzene rings is 1. The molecular formula is C15H19NO4. The average molecular weight is 277 g/mol. The minimum absolute atomic E-state index is 0.166. The van der Waals surface area contributed by atoms with Gasteiger partial charge in [-0.25, -0.2) is 9.59 Å². The molecule has 108 valence electrons. The van der Waals surface area contributed by atoms with Crippen molar-refractivity contribution in [3.8, 4) is 0 Å². The number of hydrogen-bond acceptors (Lipinski definition) is 3. The van der Waals surface area contributed by atoms with Gasteiger partial charge in [0.15, 0.2) is 0 Å². The van der Waals surface area contributed by atoms with Crippen molar-refractivity contribution in [2.45, 2.75) is 32.4 Å². The summed E-state index contributed by atoms with van der Waals surface area (Å²) in [5, 5.41) is 9.18. The molecule has 2 rings (SSSR count). The van der Waals surface area contributed by atoms with Gasteiger partial charge >= 0.3 is 12.1 Å². The fraction of sp³-hybridized carbons (Fsp3) is 0.467. The molecule has 5 nitrogen and oxygen atoms in total. The van der Waals surface area contributed by atoms with Gasteiger partial charge in [-0.1, -0.05) is 43.7 Å². The Morgan fingerprint density at radius 1 is 1.35 bits per heavy atom. The van der Waals surface area contributed by atoms with E-state index in [2.05, 4.69) is 0 Å². The Morgan fingerprint density at radius 2 is 2.05 bits per heavy atom. The monoisotopic (exact) mass is 277 g/mol. The lowest BCUT2D eigenvalue weighted by Gasteiger charge is -2.20. The van der Waals surface area contributed by atoms with Crippen molar-refractivity contribution in [1.82, 2.24) is 4.90 Å². The maximum absolute atomic E-state index is 12.0. The molecule has 1 heterocycles. The lowest BCUT2D eigenvalue weighted by atomic mass is 10.0. The molecule has 0 aliphatic carbocycles. The quantitative estimate of drug-likeness (QED) is 0.918. The molecule has 0 spiro atoms. The largest absolute Gasteiger partial charge is 0.480 e. The lowest BCUT2D eigenvalue weighted by molar-refractivity contribution is -0.141. The summed E-state index contributed by atoms with van der Waals surface area (Å²) in [7, 11) is 0. The van der Waals surface area contributed by atoms with Gasteiger partial charge in [-0.2, -0.15) is 0 Å². The molecule has 1 aromatic carbocycles. The number of amides is 1. The van der Waals surface area contributed by atoms with E-state index in [4.69, 9.17) is 4.74 Å². The number of carboxylic acids is 1. The zero-order valence-corrected chi connectivity index (χ0v) is 11.5. The van der Waals surface area contributed by atoms with Crippen LogP contribution in [-0.2, 0) is 16.1 Å². The lowest BCUT2D eigenvalue weighted by Crippen LogP contribution is -2.40. The number of carbonyl (C=O) groups excluding carboxylic acids is 1. The highest BCUT2D eigenvalue weighted by Crippen LogP contribution is 2.26. The summed E-state index contributed by atoms with van der Waals surface area (Å²) in [6.45, 7) is 2.63. The van der Waals surface area contributed by atoms with E-state index >= 15 is 0 Å². The highest BCUT2D eigenvalue weighted by atomic mass is 16.6. The third kappa shape index (κ3) is 3.29. The SMILES string of the molecule is CC[C@@H]1C[C@H](C(=O)O)N(C(=O)OCc2ccccc2)C1. The van der Waals surface area contributed by atoms with E-state index < -0.39 is 18.1 Å². The van der Waals surface area contributed by atoms with Crippen LogP contribution >= 0.6 is 0 Å². The Morgan fingerprint density at radius 3 is 2.65 bits per heavy atom. The van der Waals surface area contributed by atoms with E-state index in [9.17, 15) is 14.7 Å². The zero-order valence-electron chi connectivity index (χ0n) is 11.5. The summed E-state index contributed by atoms with van der Waals surface area (Å²) < 4.78 is 5.21. The number of ether oxygens (including phenoxy) is 1. The molecule has 1 aliphatic rings. The van der Waals surface area contributed by atoms with Gasteiger partial charge in [-0.15, -0.1) is 0 Å². The van der Waals surface area contributed by atoms with Gasteiger partial charge in [0, 0.05) is 6.54 Å². The molecule has 2 atom stereocenters. The molecule has 1 amide bonds. The molecule has 1 aliphatic heterocycles. The Kier molecular flexibility index (Phi) is 4.61. The molecule has 0 radical (unpaired) electrons. The molecule has 0 bridgehead atoms. The number of rotatable bonds is 4. The normalized spacial score (nSPS) is 21.8. The van der Waals surface area contributed by atoms with E-state index in [0.29, 0.717) is 13.0 Å². The van der Waals surface area contributed by atoms with Crippen molar-refractivity contribution in [1.29, 1.82) is 0 Å². The Balaban J connectivity index is 1.95. The maximum atomic E-state index is 12.0. The second-order valence-electron chi connectivity index (χ2n) is 5.06. The van der Waals surface area contributed by atoms with Gasteiger partial charge in [-0.05, 0) is 17.9 Å². The highest BCUT2D eigenvalue weighted by Gasteiger charge is 2.39. The predicted molar refractivity (Wildman–Crippen MR) is 73.2 cm³/mol. The summed E-state index contributed by atoms with van der Waals surface area (Å²) >= 11 is 0. The predicted octanol–water partition coefficient (Wildman–Crippen LogP) is 2.51. The van der Waals surface area contributed by atoms with Gasteiger partial charge in [0.25, 0.3) is 0 Å². The summed E-state index contributed by atoms with van der Waals surface area (Å²) in [4.78, 5) is 24.6. The average Bonchev–Trinajstić information content (AvgIpc) is 2.90. The third-order valence-corrected chi connectivity index (χ3v) is 3.69. The smallest absolute Gasteiger partial charge is 0.410 e. The third-order valence-electron chi connectivity index (χ3n) is 3.69. The first-order chi connectivity index (χ1) is 9.61. The van der Waals surface area contributed by atoms with E-state index in [-0.39, 0.29) is 12.5 Å². The molecule has 5 heteroatoms. The van der Waals surface area contributed by atoms with Crippen LogP contribution in [0.15, 0.2) is 30.3 Å². The molecule has 1 saturated heterocycles. The molecular weight excluding hydrogens is 258 g/mol. The van der Waals surface area contributed by atoms with Gasteiger partial charge < -0.3 is 9.84 Å². The number of likely N-dealkylation sites (tertiary alicyclic amines) is 1. The first-order valence-electron chi connectivity index (χ1n) is 6.82. The topological polar surface area (TPSA) is 66.8 Å². The number of aliphatic carboxylic acids is 1. The van der Waals surface area contributed by atoms with Crippen molar-refractivity contribution in [2.24, 2.45) is 5.92 Å². The Labute approximate surface area is 118 Å². The Bertz CT molecular complexity index is 474. The summed E-state index contributed by atoms with van der Waals surface area (Å²) in [6.07, 6.45) is 0.829. The van der Waals surface area contributed by atoms with Crippen LogP contribution in [-0.4, -0.2) is 34.7 Å². The van der Waals surface area contributed by atoms with Crippen LogP contribution in [0.5, 0.6) is 0 Å². The van der Waals surface area contributed by atoms with Gasteiger partial charge in [0.2, 0.25) is 0 Å². The number of carboxylic acid groups (broad SMARTS) is 1. The molecule has 1 N–H and O–H groups in total. The van der Waals surface area contributed by atoms with Crippen LogP contribution in [0.25, 0.3) is 0 Å². The Hall–Kier alpha value is -2.04. The maximum Gasteiger partial charge on any atom is 0.410 e. The standard InChI is InChI=1S/C15H19NO4/c1-2-11-8-13(14(17)18)16(9-11)15(19)20-10-12-6-4-3-5-7-12/h3-7,11,13H,2,8-10H2,1H3,(H,17,18)/t11-,13-/m1/s1. The summed E-state index contributed by atoms with van der Waals surface area (Å²) in [5.74, 6) is -0.724. The van der Waals surface area contributed by atoms with E-state index in [0.717, 1.165) is 12.0 Å². The van der Waals surface area contributed by atoms with Crippen LogP contribution in [0.2, 0.25) is 0 Å². The van der Waals surface area contributed by atoms with Crippen LogP contribution in [0.4, 0.5) is 4.79 Å². The first-order valence-corrected chi connectivity index (χ1v) is 6.82. The fourth-order valence-corrected chi connectivity index (χ4v) is 2.46. The second-order valence-corrected chi connectivity index (χ2v) is 5.06. The number of hydrogen-bond donors (Lipinski definition) is 1. The first kappa shape index (κ1) is 14.4. The summed E-state index contributed by atoms with van der Waals surface area (Å²) in [5.41, 5.74) is 0.888. The second kappa shape index (κ2) is 6.41. The zero-order chi connectivity index (χ0) is 14.5. The molecule has 1 aromatic rings. The number of carbonyl (C=O) groups is 2. The molecule has 0 aromatic heterocycles. The van der Waals surface area contributed by atoms with Crippen LogP contribution in [0.3, 0.4) is 0 Å². The fourth-order valence-electron chi connectivity index (χ4n) is 2.46. The highest BCUT2D eigenvalue weighted by molar-refractivity contribution is 5.80. The van der Waals surface area contributed by atoms with Gasteiger partial charge in [0.05, 0.1) is 0 Å². The minimum atomic E-state index is -0.961. The molecule has 20 heavy (non-hydrogen) atoms. The van der Waals surface area contributed by atoms with Crippen molar-refractivity contribution in [2.75, 3.05) is 6.54 Å². The van der Waals surface area contributed by atoms with Gasteiger partial charge in [0.1, 0.15) is 12.6 Å². The van der Waals surface area contributed by atoms with E-state index in [1.165, 1.54) is 4.90 Å². The van der Waals surface area contributed by atoms with Crippen LogP contribution in [0.1, 0.15) is 25.3 Å². The summed E-state index contributed by atoms with van der Waals surface area (Å²) in [6, 6.07) is 8.58. The van der Waals surface area contributed by atoms with Crippen molar-refractivity contribution >= 4 is 12.1 Å². The molecule has 1 fully saturated rings. The minimum Gasteiger partial charge on any atom is -0.480 e. The van der Waals surface area contributed by atoms with E-state index in [1.54, 1.807) is 0 Å². The van der Waals surface area contributed by atoms with Crippen LogP contribution < -0.4 is 0 Å². The number of nitrogens with zero attached hydrogens (tertiary/aromatic N) is 1. The van der Waals surface area contributed by atoms with Gasteiger partial charge in [-0.3, -0.25) is 4.90 Å². The molecule has 0 unspecified atom stereocenters. The van der Waals surface area contributed by atoms with Crippen molar-refractivity contribution < 1.29 is 19.4 Å².